The van der Waals surface area contributed by atoms with Crippen molar-refractivity contribution < 1.29 is 4.79 Å². The monoisotopic (exact) mass is 385 g/mol. The van der Waals surface area contributed by atoms with Gasteiger partial charge < -0.3 is 10.6 Å². The summed E-state index contributed by atoms with van der Waals surface area (Å²) in [6.07, 6.45) is 4.16. The number of nitrogens with one attached hydrogen (secondary N) is 2. The number of benzene rings is 2. The quantitative estimate of drug-likeness (QED) is 0.615. The van der Waals surface area contributed by atoms with Gasteiger partial charge in [0.1, 0.15) is 0 Å². The first-order valence-corrected chi connectivity index (χ1v) is 10.3. The van der Waals surface area contributed by atoms with Crippen LogP contribution < -0.4 is 10.6 Å². The van der Waals surface area contributed by atoms with E-state index >= 15 is 0 Å². The average molecular weight is 386 g/mol. The minimum atomic E-state index is -0.0567. The molecule has 0 fully saturated rings. The van der Waals surface area contributed by atoms with Crippen molar-refractivity contribution >= 4 is 17.3 Å². The third-order valence-corrected chi connectivity index (χ3v) is 5.58. The van der Waals surface area contributed by atoms with Crippen LogP contribution in [-0.4, -0.2) is 10.9 Å². The Hall–Kier alpha value is -3.14. The van der Waals surface area contributed by atoms with Crippen molar-refractivity contribution in [1.29, 1.82) is 0 Å². The second-order valence-corrected chi connectivity index (χ2v) is 7.72. The predicted molar refractivity (Wildman–Crippen MR) is 119 cm³/mol. The second kappa shape index (κ2) is 8.48. The predicted octanol–water partition coefficient (Wildman–Crippen LogP) is 5.44. The van der Waals surface area contributed by atoms with Crippen molar-refractivity contribution in [1.82, 2.24) is 4.98 Å². The van der Waals surface area contributed by atoms with Crippen LogP contribution in [-0.2, 0) is 19.4 Å². The number of anilines is 2. The first-order valence-electron chi connectivity index (χ1n) is 10.3. The van der Waals surface area contributed by atoms with Crippen LogP contribution in [0.4, 0.5) is 11.4 Å². The summed E-state index contributed by atoms with van der Waals surface area (Å²) in [6, 6.07) is 18.1. The smallest absolute Gasteiger partial charge is 0.256 e. The van der Waals surface area contributed by atoms with Gasteiger partial charge in [0.05, 0.1) is 11.4 Å². The summed E-state index contributed by atoms with van der Waals surface area (Å²) >= 11 is 0. The summed E-state index contributed by atoms with van der Waals surface area (Å²) in [5.41, 5.74) is 8.08. The lowest BCUT2D eigenvalue weighted by Crippen LogP contribution is -2.19. The number of amides is 1. The number of aromatic nitrogens is 1. The molecule has 0 atom stereocenters. The van der Waals surface area contributed by atoms with Gasteiger partial charge in [-0.05, 0) is 74.4 Å². The molecule has 0 spiro atoms. The van der Waals surface area contributed by atoms with E-state index in [4.69, 9.17) is 0 Å². The van der Waals surface area contributed by atoms with Gasteiger partial charge in [0.15, 0.2) is 0 Å². The van der Waals surface area contributed by atoms with Crippen LogP contribution in [0.3, 0.4) is 0 Å². The number of nitrogens with zero attached hydrogens (tertiary/aromatic N) is 1. The molecule has 4 heteroatoms. The van der Waals surface area contributed by atoms with E-state index in [0.717, 1.165) is 59.6 Å². The molecule has 29 heavy (non-hydrogen) atoms. The summed E-state index contributed by atoms with van der Waals surface area (Å²) in [6.45, 7) is 4.78. The highest BCUT2D eigenvalue weighted by molar-refractivity contribution is 6.07. The fourth-order valence-electron chi connectivity index (χ4n) is 3.98. The lowest BCUT2D eigenvalue weighted by Gasteiger charge is -2.20. The first-order chi connectivity index (χ1) is 14.1. The zero-order valence-corrected chi connectivity index (χ0v) is 17.1. The summed E-state index contributed by atoms with van der Waals surface area (Å²) in [4.78, 5) is 17.8. The van der Waals surface area contributed by atoms with Crippen LogP contribution >= 0.6 is 0 Å². The molecule has 0 bridgehead atoms. The summed E-state index contributed by atoms with van der Waals surface area (Å²) < 4.78 is 0. The van der Waals surface area contributed by atoms with Gasteiger partial charge in [-0.2, -0.15) is 0 Å². The fraction of sp³-hybridized carbons (Fsp3) is 0.280. The molecule has 4 rings (SSSR count). The Morgan fingerprint density at radius 1 is 0.966 bits per heavy atom. The van der Waals surface area contributed by atoms with Crippen LogP contribution in [0.2, 0.25) is 0 Å². The molecule has 4 nitrogen and oxygen atoms in total. The Labute approximate surface area is 172 Å². The molecule has 1 heterocycles. The second-order valence-electron chi connectivity index (χ2n) is 7.72. The van der Waals surface area contributed by atoms with E-state index in [-0.39, 0.29) is 5.91 Å². The molecule has 1 aliphatic carbocycles. The first kappa shape index (κ1) is 19.2. The normalized spacial score (nSPS) is 12.9. The summed E-state index contributed by atoms with van der Waals surface area (Å²) in [5.74, 6) is -0.0567. The largest absolute Gasteiger partial charge is 0.379 e. The van der Waals surface area contributed by atoms with E-state index in [0.29, 0.717) is 6.54 Å². The number of fused-ring (bicyclic) bond motifs is 1. The molecule has 0 saturated heterocycles. The van der Waals surface area contributed by atoms with Crippen molar-refractivity contribution in [2.75, 3.05) is 10.6 Å². The Balaban J connectivity index is 1.55. The van der Waals surface area contributed by atoms with Gasteiger partial charge in [-0.15, -0.1) is 0 Å². The molecule has 1 aromatic heterocycles. The molecule has 148 valence electrons. The molecule has 1 aliphatic rings. The van der Waals surface area contributed by atoms with E-state index in [1.54, 1.807) is 0 Å². The van der Waals surface area contributed by atoms with Crippen molar-refractivity contribution in [2.45, 2.75) is 46.1 Å². The topological polar surface area (TPSA) is 54.0 Å². The number of hydrogen-bond acceptors (Lipinski definition) is 3. The molecular formula is C25H27N3O. The van der Waals surface area contributed by atoms with Crippen LogP contribution in [0.1, 0.15) is 51.3 Å². The molecule has 0 radical (unpaired) electrons. The Morgan fingerprint density at radius 2 is 1.69 bits per heavy atom. The van der Waals surface area contributed by atoms with Gasteiger partial charge in [-0.1, -0.05) is 36.4 Å². The molecule has 3 aromatic rings. The number of para-hydroxylation sites is 2. The van der Waals surface area contributed by atoms with Gasteiger partial charge >= 0.3 is 0 Å². The third kappa shape index (κ3) is 4.32. The van der Waals surface area contributed by atoms with E-state index in [1.807, 2.05) is 49.4 Å². The van der Waals surface area contributed by atoms with Crippen molar-refractivity contribution in [2.24, 2.45) is 0 Å². The standard InChI is InChI=1S/C25H27N3O/c1-17-9-3-4-10-19(17)16-26-23-13-7-8-14-24(23)28-25(29)21-15-18(2)27-22-12-6-5-11-20(21)22/h3-4,7-10,13-15,26H,5-6,11-12,16H2,1-2H3,(H,28,29). The van der Waals surface area contributed by atoms with Gasteiger partial charge in [0, 0.05) is 23.5 Å². The van der Waals surface area contributed by atoms with Crippen molar-refractivity contribution in [3.63, 3.8) is 0 Å². The van der Waals surface area contributed by atoms with Gasteiger partial charge in [-0.25, -0.2) is 0 Å². The Morgan fingerprint density at radius 3 is 2.52 bits per heavy atom. The molecule has 2 aromatic carbocycles. The van der Waals surface area contributed by atoms with Crippen LogP contribution in [0.5, 0.6) is 0 Å². The van der Waals surface area contributed by atoms with Crippen molar-refractivity contribution in [3.8, 4) is 0 Å². The maximum atomic E-state index is 13.2. The summed E-state index contributed by atoms with van der Waals surface area (Å²) in [5, 5.41) is 6.60. The van der Waals surface area contributed by atoms with Crippen LogP contribution in [0, 0.1) is 13.8 Å². The molecule has 2 N–H and O–H groups in total. The highest BCUT2D eigenvalue weighted by Crippen LogP contribution is 2.27. The highest BCUT2D eigenvalue weighted by atomic mass is 16.1. The minimum absolute atomic E-state index is 0.0567. The maximum absolute atomic E-state index is 13.2. The number of carbonyl (C=O) groups is 1. The molecule has 1 amide bonds. The molecule has 0 saturated carbocycles. The van der Waals surface area contributed by atoms with E-state index in [2.05, 4.69) is 34.7 Å². The number of pyridine rings is 1. The van der Waals surface area contributed by atoms with Gasteiger partial charge in [0.2, 0.25) is 0 Å². The lowest BCUT2D eigenvalue weighted by molar-refractivity contribution is 0.102. The third-order valence-electron chi connectivity index (χ3n) is 5.58. The average Bonchev–Trinajstić information content (AvgIpc) is 2.73. The fourth-order valence-corrected chi connectivity index (χ4v) is 3.98. The van der Waals surface area contributed by atoms with E-state index in [1.165, 1.54) is 11.1 Å². The van der Waals surface area contributed by atoms with Crippen LogP contribution in [0.15, 0.2) is 54.6 Å². The van der Waals surface area contributed by atoms with E-state index < -0.39 is 0 Å². The zero-order valence-electron chi connectivity index (χ0n) is 17.1. The minimum Gasteiger partial charge on any atom is -0.379 e. The lowest BCUT2D eigenvalue weighted by atomic mass is 9.91. The van der Waals surface area contributed by atoms with Crippen molar-refractivity contribution in [3.05, 3.63) is 88.2 Å². The Kier molecular flexibility index (Phi) is 5.61. The Bertz CT molecular complexity index is 1040. The number of aryl methyl sites for hydroxylation is 3. The highest BCUT2D eigenvalue weighted by Gasteiger charge is 2.20. The molecule has 0 aliphatic heterocycles. The number of rotatable bonds is 5. The van der Waals surface area contributed by atoms with E-state index in [9.17, 15) is 4.79 Å². The van der Waals surface area contributed by atoms with Crippen LogP contribution in [0.25, 0.3) is 0 Å². The SMILES string of the molecule is Cc1cc(C(=O)Nc2ccccc2NCc2ccccc2C)c2c(n1)CCCC2. The van der Waals surface area contributed by atoms with Gasteiger partial charge in [-0.3, -0.25) is 9.78 Å². The summed E-state index contributed by atoms with van der Waals surface area (Å²) in [7, 11) is 0. The number of carbonyl (C=O) groups excluding carboxylic acids is 1. The molecule has 0 unspecified atom stereocenters. The zero-order chi connectivity index (χ0) is 20.2. The molecular weight excluding hydrogens is 358 g/mol. The number of hydrogen-bond donors (Lipinski definition) is 2. The van der Waals surface area contributed by atoms with Gasteiger partial charge in [0.25, 0.3) is 5.91 Å². The maximum Gasteiger partial charge on any atom is 0.256 e.